The van der Waals surface area contributed by atoms with E-state index in [1.54, 1.807) is 29.1 Å². The molecule has 0 saturated heterocycles. The van der Waals surface area contributed by atoms with Crippen molar-refractivity contribution < 1.29 is 14.3 Å². The molecule has 0 fully saturated rings. The minimum absolute atomic E-state index is 0.386. The van der Waals surface area contributed by atoms with Gasteiger partial charge in [-0.1, -0.05) is 0 Å². The average molecular weight is 347 g/mol. The number of ether oxygens (including phenoxy) is 1. The van der Waals surface area contributed by atoms with Crippen molar-refractivity contribution in [1.82, 2.24) is 9.78 Å². The molecule has 6 nitrogen and oxygen atoms in total. The summed E-state index contributed by atoms with van der Waals surface area (Å²) in [5.74, 6) is -0.939. The number of rotatable bonds is 5. The Bertz CT molecular complexity index is 789. The molecule has 1 N–H and O–H groups in total. The molecular formula is C17H21N3O3S. The minimum Gasteiger partial charge on any atom is -0.449 e. The van der Waals surface area contributed by atoms with Crippen molar-refractivity contribution in [2.24, 2.45) is 7.05 Å². The Morgan fingerprint density at radius 2 is 2.04 bits per heavy atom. The molecule has 2 aromatic rings. The molecular weight excluding hydrogens is 326 g/mol. The number of aryl methyl sites for hydroxylation is 3. The van der Waals surface area contributed by atoms with Crippen LogP contribution in [0, 0.1) is 20.8 Å². The van der Waals surface area contributed by atoms with E-state index in [4.69, 9.17) is 4.74 Å². The monoisotopic (exact) mass is 347 g/mol. The zero-order chi connectivity index (χ0) is 17.9. The number of hydrogen-bond donors (Lipinski definition) is 1. The number of carbonyl (C=O) groups is 2. The maximum Gasteiger partial charge on any atom is 0.331 e. The number of hydrogen-bond acceptors (Lipinski definition) is 5. The summed E-state index contributed by atoms with van der Waals surface area (Å²) in [5, 5.41) is 6.99. The third kappa shape index (κ3) is 4.32. The molecule has 0 radical (unpaired) electrons. The first-order valence-corrected chi connectivity index (χ1v) is 8.35. The fourth-order valence-electron chi connectivity index (χ4n) is 2.14. The second-order valence-electron chi connectivity index (χ2n) is 5.52. The fraction of sp³-hybridized carbons (Fsp3) is 0.353. The topological polar surface area (TPSA) is 73.2 Å². The van der Waals surface area contributed by atoms with Gasteiger partial charge in [-0.15, -0.1) is 11.3 Å². The SMILES string of the molecule is Cc1ccc(/C=C/C(=O)O[C@H](C)C(=O)Nc2c(C)nn(C)c2C)s1. The Labute approximate surface area is 145 Å². The molecule has 24 heavy (non-hydrogen) atoms. The van der Waals surface area contributed by atoms with Gasteiger partial charge in [0.1, 0.15) is 0 Å². The Hall–Kier alpha value is -2.41. The lowest BCUT2D eigenvalue weighted by Gasteiger charge is -2.12. The van der Waals surface area contributed by atoms with Gasteiger partial charge in [-0.05, 0) is 45.9 Å². The second-order valence-corrected chi connectivity index (χ2v) is 6.84. The highest BCUT2D eigenvalue weighted by atomic mass is 32.1. The summed E-state index contributed by atoms with van der Waals surface area (Å²) in [4.78, 5) is 26.1. The zero-order valence-corrected chi connectivity index (χ0v) is 15.2. The van der Waals surface area contributed by atoms with Crippen LogP contribution in [-0.4, -0.2) is 27.8 Å². The smallest absolute Gasteiger partial charge is 0.331 e. The van der Waals surface area contributed by atoms with Gasteiger partial charge in [0.15, 0.2) is 6.10 Å². The molecule has 0 aliphatic rings. The standard InChI is InChI=1S/C17H21N3O3S/c1-10-6-7-14(24-10)8-9-15(21)23-13(4)17(22)18-16-11(2)19-20(5)12(16)3/h6-9,13H,1-5H3,(H,18,22)/b9-8+/t13-/m1/s1. The van der Waals surface area contributed by atoms with Crippen molar-refractivity contribution >= 4 is 35.0 Å². The Kier molecular flexibility index (Phi) is 5.56. The van der Waals surface area contributed by atoms with Crippen molar-refractivity contribution in [2.45, 2.75) is 33.8 Å². The van der Waals surface area contributed by atoms with Gasteiger partial charge in [0.25, 0.3) is 5.91 Å². The van der Waals surface area contributed by atoms with Crippen LogP contribution in [0.1, 0.15) is 28.1 Å². The van der Waals surface area contributed by atoms with E-state index in [9.17, 15) is 9.59 Å². The van der Waals surface area contributed by atoms with E-state index < -0.39 is 12.1 Å². The van der Waals surface area contributed by atoms with Crippen LogP contribution < -0.4 is 5.32 Å². The van der Waals surface area contributed by atoms with Gasteiger partial charge in [0, 0.05) is 22.9 Å². The molecule has 0 aromatic carbocycles. The van der Waals surface area contributed by atoms with Gasteiger partial charge in [-0.25, -0.2) is 4.79 Å². The lowest BCUT2D eigenvalue weighted by Crippen LogP contribution is -2.29. The molecule has 0 aliphatic carbocycles. The number of anilines is 1. The molecule has 0 bridgehead atoms. The van der Waals surface area contributed by atoms with Crippen LogP contribution in [0.5, 0.6) is 0 Å². The quantitative estimate of drug-likeness (QED) is 0.666. The van der Waals surface area contributed by atoms with Crippen LogP contribution in [0.15, 0.2) is 18.2 Å². The first-order valence-electron chi connectivity index (χ1n) is 7.54. The lowest BCUT2D eigenvalue weighted by molar-refractivity contribution is -0.148. The van der Waals surface area contributed by atoms with E-state index >= 15 is 0 Å². The van der Waals surface area contributed by atoms with Gasteiger partial charge < -0.3 is 10.1 Å². The summed E-state index contributed by atoms with van der Waals surface area (Å²) in [6.07, 6.45) is 2.11. The molecule has 2 heterocycles. The van der Waals surface area contributed by atoms with Crippen molar-refractivity contribution in [1.29, 1.82) is 0 Å². The molecule has 2 rings (SSSR count). The van der Waals surface area contributed by atoms with Crippen LogP contribution in [0.4, 0.5) is 5.69 Å². The first kappa shape index (κ1) is 17.9. The Balaban J connectivity index is 1.93. The van der Waals surface area contributed by atoms with Gasteiger partial charge >= 0.3 is 5.97 Å². The van der Waals surface area contributed by atoms with Gasteiger partial charge in [-0.2, -0.15) is 5.10 Å². The molecule has 0 aliphatic heterocycles. The number of carbonyl (C=O) groups excluding carboxylic acids is 2. The van der Waals surface area contributed by atoms with Crippen LogP contribution >= 0.6 is 11.3 Å². The first-order chi connectivity index (χ1) is 11.3. The number of nitrogens with one attached hydrogen (secondary N) is 1. The van der Waals surface area contributed by atoms with Crippen molar-refractivity contribution in [3.63, 3.8) is 0 Å². The van der Waals surface area contributed by atoms with Gasteiger partial charge in [0.2, 0.25) is 0 Å². The average Bonchev–Trinajstić information content (AvgIpc) is 3.03. The van der Waals surface area contributed by atoms with Crippen LogP contribution in [-0.2, 0) is 21.4 Å². The lowest BCUT2D eigenvalue weighted by atomic mass is 10.3. The molecule has 2 aromatic heterocycles. The van der Waals surface area contributed by atoms with E-state index in [0.717, 1.165) is 21.1 Å². The summed E-state index contributed by atoms with van der Waals surface area (Å²) in [5.41, 5.74) is 2.21. The maximum atomic E-state index is 12.2. The van der Waals surface area contributed by atoms with E-state index in [1.807, 2.05) is 32.9 Å². The van der Waals surface area contributed by atoms with Gasteiger partial charge in [0.05, 0.1) is 17.1 Å². The van der Waals surface area contributed by atoms with Crippen LogP contribution in [0.3, 0.4) is 0 Å². The van der Waals surface area contributed by atoms with Crippen LogP contribution in [0.25, 0.3) is 6.08 Å². The second kappa shape index (κ2) is 7.44. The molecule has 0 saturated carbocycles. The minimum atomic E-state index is -0.897. The fourth-order valence-corrected chi connectivity index (χ4v) is 2.92. The largest absolute Gasteiger partial charge is 0.449 e. The molecule has 7 heteroatoms. The van der Waals surface area contributed by atoms with Crippen LogP contribution in [0.2, 0.25) is 0 Å². The highest BCUT2D eigenvalue weighted by molar-refractivity contribution is 7.12. The van der Waals surface area contributed by atoms with Crippen molar-refractivity contribution in [3.05, 3.63) is 39.4 Å². The van der Waals surface area contributed by atoms with E-state index in [0.29, 0.717) is 5.69 Å². The predicted octanol–water partition coefficient (Wildman–Crippen LogP) is 2.99. The van der Waals surface area contributed by atoms with Gasteiger partial charge in [-0.3, -0.25) is 9.48 Å². The van der Waals surface area contributed by atoms with E-state index in [-0.39, 0.29) is 5.91 Å². The number of aromatic nitrogens is 2. The van der Waals surface area contributed by atoms with Crippen molar-refractivity contribution in [2.75, 3.05) is 5.32 Å². The molecule has 0 unspecified atom stereocenters. The molecule has 0 spiro atoms. The third-order valence-corrected chi connectivity index (χ3v) is 4.53. The highest BCUT2D eigenvalue weighted by Gasteiger charge is 2.20. The summed E-state index contributed by atoms with van der Waals surface area (Å²) in [6.45, 7) is 7.20. The van der Waals surface area contributed by atoms with Crippen molar-refractivity contribution in [3.8, 4) is 0 Å². The summed E-state index contributed by atoms with van der Waals surface area (Å²) in [6, 6.07) is 3.90. The van der Waals surface area contributed by atoms with E-state index in [1.165, 1.54) is 13.0 Å². The predicted molar refractivity (Wildman–Crippen MR) is 95.0 cm³/mol. The Morgan fingerprint density at radius 1 is 1.33 bits per heavy atom. The molecule has 1 atom stereocenters. The third-order valence-electron chi connectivity index (χ3n) is 3.56. The maximum absolute atomic E-state index is 12.2. The zero-order valence-electron chi connectivity index (χ0n) is 14.4. The Morgan fingerprint density at radius 3 is 2.58 bits per heavy atom. The van der Waals surface area contributed by atoms with E-state index in [2.05, 4.69) is 10.4 Å². The summed E-state index contributed by atoms with van der Waals surface area (Å²) < 4.78 is 6.83. The molecule has 1 amide bonds. The molecule has 128 valence electrons. The summed E-state index contributed by atoms with van der Waals surface area (Å²) >= 11 is 1.58. The summed E-state index contributed by atoms with van der Waals surface area (Å²) in [7, 11) is 1.80. The normalized spacial score (nSPS) is 12.4. The highest BCUT2D eigenvalue weighted by Crippen LogP contribution is 2.19. The number of amides is 1. The number of thiophene rings is 1. The number of esters is 1. The number of nitrogens with zero attached hydrogens (tertiary/aromatic N) is 2.